The first-order valence-electron chi connectivity index (χ1n) is 7.22. The number of esters is 1. The van der Waals surface area contributed by atoms with E-state index < -0.39 is 5.41 Å². The number of nitrogens with one attached hydrogen (secondary N) is 1. The summed E-state index contributed by atoms with van der Waals surface area (Å²) in [6.45, 7) is 0.0152. The van der Waals surface area contributed by atoms with E-state index in [1.807, 2.05) is 30.3 Å². The molecule has 1 fully saturated rings. The van der Waals surface area contributed by atoms with Crippen molar-refractivity contribution in [1.29, 1.82) is 0 Å². The normalized spacial score (nSPS) is 15.1. The molecule has 0 saturated heterocycles. The van der Waals surface area contributed by atoms with Gasteiger partial charge in [0.15, 0.2) is 6.61 Å². The first kappa shape index (κ1) is 14.4. The minimum absolute atomic E-state index is 0.270. The molecular formula is C17H17NO4. The van der Waals surface area contributed by atoms with Gasteiger partial charge in [-0.05, 0) is 30.5 Å². The molecule has 0 spiro atoms. The van der Waals surface area contributed by atoms with E-state index in [4.69, 9.17) is 9.15 Å². The predicted octanol–water partition coefficient (Wildman–Crippen LogP) is 2.17. The number of hydrogen-bond acceptors (Lipinski definition) is 4. The summed E-state index contributed by atoms with van der Waals surface area (Å²) in [5, 5.41) is 2.64. The van der Waals surface area contributed by atoms with Gasteiger partial charge in [-0.15, -0.1) is 0 Å². The highest BCUT2D eigenvalue weighted by atomic mass is 16.5. The Labute approximate surface area is 128 Å². The van der Waals surface area contributed by atoms with E-state index in [-0.39, 0.29) is 25.0 Å². The molecule has 3 rings (SSSR count). The zero-order valence-electron chi connectivity index (χ0n) is 12.1. The van der Waals surface area contributed by atoms with Crippen LogP contribution in [-0.2, 0) is 26.3 Å². The van der Waals surface area contributed by atoms with Gasteiger partial charge >= 0.3 is 5.97 Å². The monoisotopic (exact) mass is 299 g/mol. The molecule has 22 heavy (non-hydrogen) atoms. The summed E-state index contributed by atoms with van der Waals surface area (Å²) in [5.74, 6) is -0.0110. The number of carbonyl (C=O) groups excluding carboxylic acids is 2. The van der Waals surface area contributed by atoms with Crippen molar-refractivity contribution < 1.29 is 18.7 Å². The molecule has 1 aliphatic carbocycles. The molecule has 0 atom stereocenters. The number of hydrogen-bond donors (Lipinski definition) is 1. The second-order valence-corrected chi connectivity index (χ2v) is 5.38. The van der Waals surface area contributed by atoms with Gasteiger partial charge in [0.05, 0.1) is 18.2 Å². The Morgan fingerprint density at radius 2 is 1.91 bits per heavy atom. The van der Waals surface area contributed by atoms with E-state index >= 15 is 0 Å². The van der Waals surface area contributed by atoms with Crippen LogP contribution in [-0.4, -0.2) is 18.5 Å². The lowest BCUT2D eigenvalue weighted by Gasteiger charge is -2.14. The number of amides is 1. The quantitative estimate of drug-likeness (QED) is 0.830. The van der Waals surface area contributed by atoms with Gasteiger partial charge in [0.25, 0.3) is 5.91 Å². The number of rotatable bonds is 6. The third-order valence-electron chi connectivity index (χ3n) is 3.84. The Morgan fingerprint density at radius 1 is 1.14 bits per heavy atom. The average molecular weight is 299 g/mol. The molecule has 1 N–H and O–H groups in total. The summed E-state index contributed by atoms with van der Waals surface area (Å²) in [4.78, 5) is 23.9. The van der Waals surface area contributed by atoms with Crippen molar-refractivity contribution in [3.63, 3.8) is 0 Å². The number of benzene rings is 1. The van der Waals surface area contributed by atoms with Crippen LogP contribution in [0, 0.1) is 0 Å². The molecule has 1 aromatic carbocycles. The first-order chi connectivity index (χ1) is 10.7. The molecule has 114 valence electrons. The molecule has 0 unspecified atom stereocenters. The first-order valence-corrected chi connectivity index (χ1v) is 7.22. The fraction of sp³-hybridized carbons (Fsp3) is 0.294. The van der Waals surface area contributed by atoms with Gasteiger partial charge < -0.3 is 14.5 Å². The highest BCUT2D eigenvalue weighted by Crippen LogP contribution is 2.49. The molecule has 1 aliphatic rings. The highest BCUT2D eigenvalue weighted by molar-refractivity contribution is 5.88. The largest absolute Gasteiger partial charge is 0.467 e. The van der Waals surface area contributed by atoms with Gasteiger partial charge in [-0.1, -0.05) is 30.3 Å². The fourth-order valence-corrected chi connectivity index (χ4v) is 2.41. The molecule has 2 aromatic rings. The summed E-state index contributed by atoms with van der Waals surface area (Å²) < 4.78 is 10.3. The van der Waals surface area contributed by atoms with Gasteiger partial charge in [-0.25, -0.2) is 0 Å². The minimum Gasteiger partial charge on any atom is -0.467 e. The number of ether oxygens (including phenoxy) is 1. The minimum atomic E-state index is -0.553. The van der Waals surface area contributed by atoms with Crippen LogP contribution in [0.4, 0.5) is 0 Å². The molecule has 1 heterocycles. The molecule has 5 nitrogen and oxygen atoms in total. The Hall–Kier alpha value is -2.56. The Morgan fingerprint density at radius 3 is 2.55 bits per heavy atom. The van der Waals surface area contributed by atoms with Crippen LogP contribution in [0.1, 0.15) is 24.2 Å². The lowest BCUT2D eigenvalue weighted by Crippen LogP contribution is -2.31. The third kappa shape index (κ3) is 3.03. The van der Waals surface area contributed by atoms with Gasteiger partial charge in [-0.3, -0.25) is 9.59 Å². The second-order valence-electron chi connectivity index (χ2n) is 5.38. The van der Waals surface area contributed by atoms with E-state index in [1.165, 1.54) is 6.26 Å². The van der Waals surface area contributed by atoms with Gasteiger partial charge in [0.1, 0.15) is 5.76 Å². The zero-order valence-corrected chi connectivity index (χ0v) is 12.1. The van der Waals surface area contributed by atoms with E-state index in [1.54, 1.807) is 12.1 Å². The lowest BCUT2D eigenvalue weighted by molar-refractivity contribution is -0.151. The summed E-state index contributed by atoms with van der Waals surface area (Å²) in [6, 6.07) is 13.1. The molecular weight excluding hydrogens is 282 g/mol. The van der Waals surface area contributed by atoms with Crippen molar-refractivity contribution in [2.75, 3.05) is 6.61 Å². The van der Waals surface area contributed by atoms with Crippen LogP contribution in [0.2, 0.25) is 0 Å². The molecule has 0 bridgehead atoms. The highest BCUT2D eigenvalue weighted by Gasteiger charge is 2.52. The maximum absolute atomic E-state index is 12.2. The van der Waals surface area contributed by atoms with E-state index in [0.717, 1.165) is 18.4 Å². The van der Waals surface area contributed by atoms with Crippen molar-refractivity contribution >= 4 is 11.9 Å². The van der Waals surface area contributed by atoms with Crippen LogP contribution >= 0.6 is 0 Å². The fourth-order valence-electron chi connectivity index (χ4n) is 2.41. The lowest BCUT2D eigenvalue weighted by atomic mass is 9.96. The molecule has 1 saturated carbocycles. The third-order valence-corrected chi connectivity index (χ3v) is 3.84. The van der Waals surface area contributed by atoms with E-state index in [0.29, 0.717) is 5.76 Å². The zero-order chi connectivity index (χ0) is 15.4. The molecule has 5 heteroatoms. The molecule has 0 aliphatic heterocycles. The van der Waals surface area contributed by atoms with Crippen LogP contribution in [0.25, 0.3) is 0 Å². The van der Waals surface area contributed by atoms with Crippen LogP contribution in [0.3, 0.4) is 0 Å². The Bertz CT molecular complexity index is 645. The van der Waals surface area contributed by atoms with Crippen molar-refractivity contribution in [3.05, 3.63) is 60.1 Å². The van der Waals surface area contributed by atoms with E-state index in [9.17, 15) is 9.59 Å². The van der Waals surface area contributed by atoms with Gasteiger partial charge in [-0.2, -0.15) is 0 Å². The van der Waals surface area contributed by atoms with Gasteiger partial charge in [0, 0.05) is 0 Å². The van der Waals surface area contributed by atoms with E-state index in [2.05, 4.69) is 5.32 Å². The molecule has 1 aromatic heterocycles. The summed E-state index contributed by atoms with van der Waals surface area (Å²) in [5.41, 5.74) is 0.402. The molecule has 1 amide bonds. The maximum atomic E-state index is 12.2. The van der Waals surface area contributed by atoms with Crippen molar-refractivity contribution in [3.8, 4) is 0 Å². The molecule has 0 radical (unpaired) electrons. The average Bonchev–Trinajstić information content (AvgIpc) is 3.21. The van der Waals surface area contributed by atoms with Crippen LogP contribution in [0.5, 0.6) is 0 Å². The van der Waals surface area contributed by atoms with Crippen molar-refractivity contribution in [2.24, 2.45) is 0 Å². The maximum Gasteiger partial charge on any atom is 0.317 e. The SMILES string of the molecule is O=C(COC(=O)C1(c2ccccc2)CC1)NCc1ccco1. The van der Waals surface area contributed by atoms with Crippen LogP contribution in [0.15, 0.2) is 53.1 Å². The van der Waals surface area contributed by atoms with Crippen molar-refractivity contribution in [2.45, 2.75) is 24.8 Å². The second kappa shape index (κ2) is 6.05. The topological polar surface area (TPSA) is 68.5 Å². The summed E-state index contributed by atoms with van der Waals surface area (Å²) >= 11 is 0. The Balaban J connectivity index is 1.49. The number of furan rings is 1. The smallest absolute Gasteiger partial charge is 0.317 e. The predicted molar refractivity (Wildman–Crippen MR) is 78.9 cm³/mol. The van der Waals surface area contributed by atoms with Crippen LogP contribution < -0.4 is 5.32 Å². The standard InChI is InChI=1S/C17H17NO4/c19-15(18-11-14-7-4-10-21-14)12-22-16(20)17(8-9-17)13-5-2-1-3-6-13/h1-7,10H,8-9,11-12H2,(H,18,19). The van der Waals surface area contributed by atoms with Gasteiger partial charge in [0.2, 0.25) is 0 Å². The summed E-state index contributed by atoms with van der Waals surface area (Å²) in [7, 11) is 0. The van der Waals surface area contributed by atoms with Crippen molar-refractivity contribution in [1.82, 2.24) is 5.32 Å². The summed E-state index contributed by atoms with van der Waals surface area (Å²) in [6.07, 6.45) is 3.08. The number of carbonyl (C=O) groups is 2. The Kier molecular flexibility index (Phi) is 3.96.